The molecule has 5 saturated carbocycles. The van der Waals surface area contributed by atoms with E-state index in [1.807, 2.05) is 13.8 Å². The van der Waals surface area contributed by atoms with Crippen molar-refractivity contribution in [3.8, 4) is 0 Å². The number of rotatable bonds is 13. The van der Waals surface area contributed by atoms with Gasteiger partial charge in [0.2, 0.25) is 0 Å². The van der Waals surface area contributed by atoms with Gasteiger partial charge in [0, 0.05) is 40.8 Å². The van der Waals surface area contributed by atoms with Crippen LogP contribution in [0.5, 0.6) is 0 Å². The maximum absolute atomic E-state index is 16.3. The Bertz CT molecular complexity index is 1950. The molecule has 0 aromatic heterocycles. The average Bonchev–Trinajstić information content (AvgIpc) is 3.46. The standard InChI is InChI=1S/C50H73ClFN3O6/c1-29(2)39-35(56)27-49(23-25-54-28-50(52,22-24-53)55-41(57)30-10-12-31(51)13-11-30)21-20-47(8)32(40(39)49)14-15-37-46(7)18-17-38(45(5,6)36(46)16-19-48(37,47)9)61-43(60)34-26-33(42(58)59)44(34,3)4/h10-13,29,32-34,36-38,54H,14-28,53H2,1-9H3,(H,55,57)(H,58,59)/t32-,33+,34-,36+,37-,38+,46+,47-,48-,49-,50?/m1/s1. The number of nitrogens with one attached hydrogen (secondary N) is 2. The minimum atomic E-state index is -2.04. The number of fused-ring (bicyclic) bond motifs is 7. The summed E-state index contributed by atoms with van der Waals surface area (Å²) in [4.78, 5) is 52.7. The molecule has 0 bridgehead atoms. The minimum absolute atomic E-state index is 0.00791. The largest absolute Gasteiger partial charge is 0.481 e. The highest BCUT2D eigenvalue weighted by Gasteiger charge is 2.70. The van der Waals surface area contributed by atoms with Crippen molar-refractivity contribution in [3.63, 3.8) is 0 Å². The molecule has 0 aliphatic heterocycles. The lowest BCUT2D eigenvalue weighted by molar-refractivity contribution is -0.236. The van der Waals surface area contributed by atoms with E-state index in [1.54, 1.807) is 24.3 Å². The van der Waals surface area contributed by atoms with Gasteiger partial charge in [-0.1, -0.05) is 79.5 Å². The van der Waals surface area contributed by atoms with Crippen LogP contribution in [-0.4, -0.2) is 60.3 Å². The maximum Gasteiger partial charge on any atom is 0.309 e. The smallest absolute Gasteiger partial charge is 0.309 e. The van der Waals surface area contributed by atoms with E-state index in [2.05, 4.69) is 59.1 Å². The van der Waals surface area contributed by atoms with Crippen LogP contribution in [0.3, 0.4) is 0 Å². The number of esters is 1. The number of carbonyl (C=O) groups excluding carboxylic acids is 3. The fourth-order valence-electron chi connectivity index (χ4n) is 15.1. The van der Waals surface area contributed by atoms with E-state index in [1.165, 1.54) is 5.57 Å². The molecule has 0 spiro atoms. The van der Waals surface area contributed by atoms with Gasteiger partial charge in [-0.3, -0.25) is 19.2 Å². The molecular weight excluding hydrogens is 793 g/mol. The van der Waals surface area contributed by atoms with E-state index in [9.17, 15) is 24.3 Å². The number of aliphatic carboxylic acids is 1. The molecule has 0 saturated heterocycles. The highest BCUT2D eigenvalue weighted by molar-refractivity contribution is 6.30. The lowest BCUT2D eigenvalue weighted by Gasteiger charge is -2.72. The van der Waals surface area contributed by atoms with Gasteiger partial charge in [0.15, 0.2) is 11.6 Å². The molecule has 1 aromatic carbocycles. The molecule has 1 unspecified atom stereocenters. The molecule has 6 aliphatic carbocycles. The van der Waals surface area contributed by atoms with Gasteiger partial charge in [0.05, 0.1) is 11.8 Å². The molecule has 7 rings (SSSR count). The van der Waals surface area contributed by atoms with Crippen LogP contribution in [0.4, 0.5) is 4.39 Å². The Morgan fingerprint density at radius 2 is 1.61 bits per heavy atom. The lowest BCUT2D eigenvalue weighted by Crippen LogP contribution is -2.66. The summed E-state index contributed by atoms with van der Waals surface area (Å²) in [6.45, 7) is 20.8. The third kappa shape index (κ3) is 7.42. The fraction of sp³-hybridized carbons (Fsp3) is 0.760. The van der Waals surface area contributed by atoms with Crippen LogP contribution >= 0.6 is 11.6 Å². The monoisotopic (exact) mass is 866 g/mol. The zero-order valence-electron chi connectivity index (χ0n) is 38.3. The summed E-state index contributed by atoms with van der Waals surface area (Å²) in [7, 11) is 0. The summed E-state index contributed by atoms with van der Waals surface area (Å²) in [6.07, 6.45) is 9.32. The molecule has 11 atom stereocenters. The number of hydrogen-bond acceptors (Lipinski definition) is 7. The Hall–Kier alpha value is -2.82. The zero-order chi connectivity index (χ0) is 44.7. The predicted octanol–water partition coefficient (Wildman–Crippen LogP) is 9.70. The van der Waals surface area contributed by atoms with Crippen molar-refractivity contribution in [1.82, 2.24) is 10.6 Å². The summed E-state index contributed by atoms with van der Waals surface area (Å²) in [5.74, 6) is -3.04. The molecule has 5 fully saturated rings. The molecule has 9 nitrogen and oxygen atoms in total. The Kier molecular flexibility index (Phi) is 12.1. The summed E-state index contributed by atoms with van der Waals surface area (Å²) in [5, 5.41) is 16.1. The van der Waals surface area contributed by atoms with E-state index >= 15 is 4.39 Å². The number of benzene rings is 1. The summed E-state index contributed by atoms with van der Waals surface area (Å²) in [5.41, 5.74) is 7.54. The van der Waals surface area contributed by atoms with Crippen LogP contribution in [0.25, 0.3) is 0 Å². The van der Waals surface area contributed by atoms with E-state index in [4.69, 9.17) is 22.1 Å². The summed E-state index contributed by atoms with van der Waals surface area (Å²) in [6, 6.07) is 6.36. The first kappa shape index (κ1) is 46.2. The summed E-state index contributed by atoms with van der Waals surface area (Å²) < 4.78 is 22.7. The van der Waals surface area contributed by atoms with Crippen molar-refractivity contribution in [3.05, 3.63) is 46.0 Å². The maximum atomic E-state index is 16.3. The molecule has 1 amide bonds. The molecule has 0 radical (unpaired) electrons. The van der Waals surface area contributed by atoms with Gasteiger partial charge >= 0.3 is 11.9 Å². The van der Waals surface area contributed by atoms with Crippen molar-refractivity contribution in [1.29, 1.82) is 0 Å². The molecule has 0 heterocycles. The van der Waals surface area contributed by atoms with Crippen LogP contribution < -0.4 is 16.4 Å². The number of ether oxygens (including phenoxy) is 1. The highest BCUT2D eigenvalue weighted by Crippen LogP contribution is 2.77. The number of ketones is 1. The van der Waals surface area contributed by atoms with Crippen molar-refractivity contribution < 1.29 is 33.4 Å². The number of carboxylic acid groups (broad SMARTS) is 1. The number of amides is 1. The average molecular weight is 867 g/mol. The number of Topliss-reactive ketones (excluding diaryl/α,β-unsaturated/α-hetero) is 1. The molecule has 338 valence electrons. The number of allylic oxidation sites excluding steroid dienone is 2. The highest BCUT2D eigenvalue weighted by atomic mass is 35.5. The predicted molar refractivity (Wildman–Crippen MR) is 236 cm³/mol. The number of carbonyl (C=O) groups is 4. The van der Waals surface area contributed by atoms with Crippen LogP contribution in [0.2, 0.25) is 5.02 Å². The molecule has 6 aliphatic rings. The second-order valence-corrected chi connectivity index (χ2v) is 23.1. The minimum Gasteiger partial charge on any atom is -0.481 e. The van der Waals surface area contributed by atoms with E-state index in [0.29, 0.717) is 41.8 Å². The van der Waals surface area contributed by atoms with Crippen LogP contribution in [0.1, 0.15) is 150 Å². The van der Waals surface area contributed by atoms with Gasteiger partial charge in [-0.2, -0.15) is 0 Å². The lowest BCUT2D eigenvalue weighted by atomic mass is 9.33. The van der Waals surface area contributed by atoms with Gasteiger partial charge in [-0.25, -0.2) is 4.39 Å². The van der Waals surface area contributed by atoms with Gasteiger partial charge < -0.3 is 26.2 Å². The molecule has 61 heavy (non-hydrogen) atoms. The molecular formula is C50H73ClFN3O6. The van der Waals surface area contributed by atoms with E-state index < -0.39 is 34.9 Å². The van der Waals surface area contributed by atoms with E-state index in [-0.39, 0.29) is 76.3 Å². The topological polar surface area (TPSA) is 148 Å². The van der Waals surface area contributed by atoms with Crippen molar-refractivity contribution in [2.75, 3.05) is 19.6 Å². The quantitative estimate of drug-likeness (QED) is 0.0871. The first-order chi connectivity index (χ1) is 28.4. The Morgan fingerprint density at radius 1 is 0.918 bits per heavy atom. The first-order valence-corrected chi connectivity index (χ1v) is 23.7. The Morgan fingerprint density at radius 3 is 2.23 bits per heavy atom. The molecule has 5 N–H and O–H groups in total. The van der Waals surface area contributed by atoms with Gasteiger partial charge in [0.25, 0.3) is 5.91 Å². The first-order valence-electron chi connectivity index (χ1n) is 23.3. The number of nitrogens with two attached hydrogens (primary N) is 1. The van der Waals surface area contributed by atoms with Crippen LogP contribution in [0.15, 0.2) is 35.4 Å². The summed E-state index contributed by atoms with van der Waals surface area (Å²) >= 11 is 6.01. The Labute approximate surface area is 368 Å². The van der Waals surface area contributed by atoms with Gasteiger partial charge in [-0.15, -0.1) is 0 Å². The number of alkyl halides is 1. The third-order valence-electron chi connectivity index (χ3n) is 18.8. The Balaban J connectivity index is 1.07. The molecule has 1 aromatic rings. The van der Waals surface area contributed by atoms with Crippen molar-refractivity contribution in [2.24, 2.45) is 73.7 Å². The second kappa shape index (κ2) is 16.0. The van der Waals surface area contributed by atoms with Crippen molar-refractivity contribution in [2.45, 2.75) is 151 Å². The van der Waals surface area contributed by atoms with Gasteiger partial charge in [0.1, 0.15) is 6.10 Å². The molecule has 11 heteroatoms. The fourth-order valence-corrected chi connectivity index (χ4v) is 15.2. The van der Waals surface area contributed by atoms with Crippen LogP contribution in [-0.2, 0) is 19.1 Å². The SMILES string of the molecule is CC(C)C1=C2[C@H]3CC[C@@H]4[C@@]5(C)CC[C@H](OC(=O)[C@H]6C[C@@H](C(=O)O)C6(C)C)C(C)(C)[C@@H]5CC[C@@]4(C)[C@]3(C)CC[C@@]2(CCNCC(F)(CCN)NC(=O)c2ccc(Cl)cc2)CC1=O. The van der Waals surface area contributed by atoms with E-state index in [0.717, 1.165) is 63.4 Å². The number of halogens is 2. The zero-order valence-corrected chi connectivity index (χ0v) is 39.0. The second-order valence-electron chi connectivity index (χ2n) is 22.7. The third-order valence-corrected chi connectivity index (χ3v) is 19.0. The van der Waals surface area contributed by atoms with Gasteiger partial charge in [-0.05, 0) is 152 Å². The number of carboxylic acids is 1. The normalized spacial score (nSPS) is 38.3. The van der Waals surface area contributed by atoms with Crippen molar-refractivity contribution >= 4 is 35.2 Å². The van der Waals surface area contributed by atoms with Crippen LogP contribution in [0, 0.1) is 68.0 Å². The number of hydrogen-bond donors (Lipinski definition) is 4.